The van der Waals surface area contributed by atoms with Gasteiger partial charge in [0.15, 0.2) is 17.0 Å². The Morgan fingerprint density at radius 3 is 2.74 bits per heavy atom. The molecule has 1 saturated heterocycles. The van der Waals surface area contributed by atoms with Crippen LogP contribution in [0.4, 0.5) is 29.5 Å². The molecule has 1 aliphatic heterocycles. The van der Waals surface area contributed by atoms with E-state index in [9.17, 15) is 18.0 Å². The molecule has 0 bridgehead atoms. The molecule has 0 unspecified atom stereocenters. The van der Waals surface area contributed by atoms with Gasteiger partial charge in [-0.15, -0.1) is 0 Å². The lowest BCUT2D eigenvalue weighted by atomic mass is 9.99. The van der Waals surface area contributed by atoms with Crippen LogP contribution in [0.1, 0.15) is 25.3 Å². The highest BCUT2D eigenvalue weighted by Gasteiger charge is 2.35. The maximum absolute atomic E-state index is 13.7. The standard InChI is InChI=1S/C26H31F3N8O2/c1-3-19(37-16-35-22-23(30-2)33-15-34-24(22)37)5-4-10-32-25(38)36-18-6-7-21(20(13-18)26(27,28)29)39-14-17-8-11-31-12-9-17/h3-7,13,15-17,31H,8-12,14H2,1-2H3,(H,30,33,34)(H2,32,36,38)/b5-4-,19-3+. The van der Waals surface area contributed by atoms with E-state index in [-0.39, 0.29) is 30.5 Å². The van der Waals surface area contributed by atoms with Crippen molar-refractivity contribution >= 4 is 34.4 Å². The number of imidazole rings is 1. The third kappa shape index (κ3) is 7.05. The Balaban J connectivity index is 1.35. The zero-order valence-electron chi connectivity index (χ0n) is 21.7. The van der Waals surface area contributed by atoms with Gasteiger partial charge in [-0.05, 0) is 63.0 Å². The number of alkyl halides is 3. The second kappa shape index (κ2) is 12.6. The molecule has 0 aliphatic carbocycles. The summed E-state index contributed by atoms with van der Waals surface area (Å²) in [7, 11) is 1.75. The van der Waals surface area contributed by atoms with Crippen LogP contribution in [0.5, 0.6) is 5.75 Å². The molecule has 2 amide bonds. The number of benzene rings is 1. The summed E-state index contributed by atoms with van der Waals surface area (Å²) in [5, 5.41) is 11.2. The number of anilines is 2. The smallest absolute Gasteiger partial charge is 0.420 e. The van der Waals surface area contributed by atoms with E-state index in [0.717, 1.165) is 37.7 Å². The van der Waals surface area contributed by atoms with Gasteiger partial charge in [0.2, 0.25) is 0 Å². The van der Waals surface area contributed by atoms with Crippen molar-refractivity contribution in [2.24, 2.45) is 5.92 Å². The Bertz CT molecular complexity index is 1350. The zero-order chi connectivity index (χ0) is 27.8. The summed E-state index contributed by atoms with van der Waals surface area (Å²) in [5.41, 5.74) is 1.07. The summed E-state index contributed by atoms with van der Waals surface area (Å²) in [6.45, 7) is 3.86. The quantitative estimate of drug-likeness (QED) is 0.293. The van der Waals surface area contributed by atoms with E-state index >= 15 is 0 Å². The monoisotopic (exact) mass is 544 g/mol. The summed E-state index contributed by atoms with van der Waals surface area (Å²) in [6, 6.07) is 2.89. The first-order chi connectivity index (χ1) is 18.8. The minimum Gasteiger partial charge on any atom is -0.493 e. The molecule has 13 heteroatoms. The first-order valence-electron chi connectivity index (χ1n) is 12.6. The van der Waals surface area contributed by atoms with Crippen LogP contribution >= 0.6 is 0 Å². The van der Waals surface area contributed by atoms with Crippen molar-refractivity contribution in [3.8, 4) is 5.75 Å². The SMILES string of the molecule is C/C=C(\C=C/CNC(=O)Nc1ccc(OCC2CCNCC2)c(C(F)(F)F)c1)n1cnc2c(NC)ncnc21. The van der Waals surface area contributed by atoms with Crippen molar-refractivity contribution in [1.82, 2.24) is 30.2 Å². The fraction of sp³-hybridized carbons (Fsp3) is 0.385. The minimum atomic E-state index is -4.63. The Labute approximate surface area is 223 Å². The molecule has 0 spiro atoms. The van der Waals surface area contributed by atoms with Crippen LogP contribution in [-0.2, 0) is 6.18 Å². The third-order valence-electron chi connectivity index (χ3n) is 6.29. The van der Waals surface area contributed by atoms with Gasteiger partial charge in [0.25, 0.3) is 0 Å². The maximum atomic E-state index is 13.7. The summed E-state index contributed by atoms with van der Waals surface area (Å²) in [6.07, 6.45) is 5.49. The number of allylic oxidation sites excluding steroid dienone is 3. The van der Waals surface area contributed by atoms with Gasteiger partial charge in [0, 0.05) is 25.0 Å². The lowest BCUT2D eigenvalue weighted by Gasteiger charge is -2.23. The number of rotatable bonds is 9. The highest BCUT2D eigenvalue weighted by molar-refractivity contribution is 5.89. The number of carbonyl (C=O) groups excluding carboxylic acids is 1. The maximum Gasteiger partial charge on any atom is 0.420 e. The number of amides is 2. The van der Waals surface area contributed by atoms with E-state index in [1.54, 1.807) is 30.1 Å². The van der Waals surface area contributed by atoms with Gasteiger partial charge in [-0.2, -0.15) is 13.2 Å². The number of hydrogen-bond acceptors (Lipinski definition) is 7. The molecule has 4 N–H and O–H groups in total. The number of nitrogens with one attached hydrogen (secondary N) is 4. The molecule has 3 heterocycles. The summed E-state index contributed by atoms with van der Waals surface area (Å²) >= 11 is 0. The molecule has 0 atom stereocenters. The average Bonchev–Trinajstić information content (AvgIpc) is 3.36. The Morgan fingerprint density at radius 1 is 1.23 bits per heavy atom. The number of carbonyl (C=O) groups is 1. The fourth-order valence-corrected chi connectivity index (χ4v) is 4.24. The molecule has 39 heavy (non-hydrogen) atoms. The Kier molecular flexibility index (Phi) is 9.02. The predicted octanol–water partition coefficient (Wildman–Crippen LogP) is 4.50. The number of urea groups is 1. The molecule has 1 aliphatic rings. The lowest BCUT2D eigenvalue weighted by molar-refractivity contribution is -0.139. The summed E-state index contributed by atoms with van der Waals surface area (Å²) in [4.78, 5) is 25.1. The van der Waals surface area contributed by atoms with Gasteiger partial charge in [0.1, 0.15) is 18.4 Å². The average molecular weight is 545 g/mol. The lowest BCUT2D eigenvalue weighted by Crippen LogP contribution is -2.30. The number of hydrogen-bond donors (Lipinski definition) is 4. The van der Waals surface area contributed by atoms with Gasteiger partial charge in [-0.1, -0.05) is 12.2 Å². The number of fused-ring (bicyclic) bond motifs is 1. The molecule has 2 aromatic heterocycles. The number of halogens is 3. The molecular formula is C26H31F3N8O2. The van der Waals surface area contributed by atoms with Crippen LogP contribution in [0.25, 0.3) is 16.9 Å². The number of aromatic nitrogens is 4. The molecule has 208 valence electrons. The van der Waals surface area contributed by atoms with Crippen molar-refractivity contribution in [2.45, 2.75) is 25.9 Å². The normalized spacial score (nSPS) is 15.1. The van der Waals surface area contributed by atoms with Gasteiger partial charge in [0.05, 0.1) is 12.2 Å². The summed E-state index contributed by atoms with van der Waals surface area (Å²) in [5.74, 6) is 0.568. The second-order valence-electron chi connectivity index (χ2n) is 8.92. The van der Waals surface area contributed by atoms with Gasteiger partial charge in [-0.25, -0.2) is 19.7 Å². The van der Waals surface area contributed by atoms with Crippen molar-refractivity contribution in [1.29, 1.82) is 0 Å². The molecular weight excluding hydrogens is 513 g/mol. The largest absolute Gasteiger partial charge is 0.493 e. The zero-order valence-corrected chi connectivity index (χ0v) is 21.7. The number of nitrogens with zero attached hydrogens (tertiary/aromatic N) is 4. The van der Waals surface area contributed by atoms with E-state index in [1.165, 1.54) is 18.5 Å². The topological polar surface area (TPSA) is 118 Å². The minimum absolute atomic E-state index is 0.0112. The van der Waals surface area contributed by atoms with Crippen LogP contribution in [0.3, 0.4) is 0 Å². The van der Waals surface area contributed by atoms with Crippen LogP contribution in [-0.4, -0.2) is 58.8 Å². The molecule has 1 fully saturated rings. The van der Waals surface area contributed by atoms with Gasteiger partial charge >= 0.3 is 12.2 Å². The Morgan fingerprint density at radius 2 is 2.03 bits per heavy atom. The van der Waals surface area contributed by atoms with Gasteiger partial charge < -0.3 is 26.0 Å². The Hall–Kier alpha value is -4.13. The predicted molar refractivity (Wildman–Crippen MR) is 144 cm³/mol. The molecule has 0 saturated carbocycles. The van der Waals surface area contributed by atoms with Crippen LogP contribution in [0.2, 0.25) is 0 Å². The molecule has 1 aromatic carbocycles. The van der Waals surface area contributed by atoms with Crippen LogP contribution in [0, 0.1) is 5.92 Å². The fourth-order valence-electron chi connectivity index (χ4n) is 4.24. The second-order valence-corrected chi connectivity index (χ2v) is 8.92. The van der Waals surface area contributed by atoms with E-state index in [2.05, 4.69) is 36.2 Å². The highest BCUT2D eigenvalue weighted by atomic mass is 19.4. The molecule has 10 nitrogen and oxygen atoms in total. The number of ether oxygens (including phenoxy) is 1. The van der Waals surface area contributed by atoms with E-state index in [0.29, 0.717) is 17.0 Å². The van der Waals surface area contributed by atoms with Crippen molar-refractivity contribution in [2.75, 3.05) is 43.9 Å². The third-order valence-corrected chi connectivity index (χ3v) is 6.29. The first kappa shape index (κ1) is 27.9. The van der Waals surface area contributed by atoms with E-state index in [1.807, 2.05) is 13.0 Å². The highest BCUT2D eigenvalue weighted by Crippen LogP contribution is 2.38. The van der Waals surface area contributed by atoms with Crippen LogP contribution in [0.15, 0.2) is 49.1 Å². The van der Waals surface area contributed by atoms with Crippen molar-refractivity contribution in [3.05, 3.63) is 54.6 Å². The van der Waals surface area contributed by atoms with Crippen molar-refractivity contribution in [3.63, 3.8) is 0 Å². The van der Waals surface area contributed by atoms with Crippen LogP contribution < -0.4 is 26.0 Å². The van der Waals surface area contributed by atoms with E-state index in [4.69, 9.17) is 4.74 Å². The summed E-state index contributed by atoms with van der Waals surface area (Å²) < 4.78 is 48.4. The van der Waals surface area contributed by atoms with E-state index < -0.39 is 17.8 Å². The first-order valence-corrected chi connectivity index (χ1v) is 12.6. The molecule has 4 rings (SSSR count). The van der Waals surface area contributed by atoms with Crippen molar-refractivity contribution < 1.29 is 22.7 Å². The van der Waals surface area contributed by atoms with Gasteiger partial charge in [-0.3, -0.25) is 4.57 Å². The number of piperidine rings is 1. The molecule has 3 aromatic rings. The molecule has 0 radical (unpaired) electrons.